The standard InChI is InChI=1S/C23H27N5OS/c24-9-8-23(15-27(16-23)22(29)21-25-10-13-30-21)28-11-6-18(7-12-28)26-20-14-19(20)17-4-2-1-3-5-17/h1-5,10,13,18-20,26H,6-8,11-12,14-16H2/t19?,20-/m1/s1. The quantitative estimate of drug-likeness (QED) is 0.777. The van der Waals surface area contributed by atoms with E-state index in [1.54, 1.807) is 6.20 Å². The number of piperidine rings is 1. The summed E-state index contributed by atoms with van der Waals surface area (Å²) in [5.74, 6) is 0.655. The van der Waals surface area contributed by atoms with Crippen molar-refractivity contribution in [1.29, 1.82) is 5.26 Å². The van der Waals surface area contributed by atoms with Crippen molar-refractivity contribution in [3.05, 3.63) is 52.5 Å². The van der Waals surface area contributed by atoms with Gasteiger partial charge in [-0.2, -0.15) is 5.26 Å². The van der Waals surface area contributed by atoms with Crippen molar-refractivity contribution in [1.82, 2.24) is 20.1 Å². The van der Waals surface area contributed by atoms with Gasteiger partial charge in [0.1, 0.15) is 0 Å². The highest BCUT2D eigenvalue weighted by atomic mass is 32.1. The number of hydrogen-bond acceptors (Lipinski definition) is 6. The smallest absolute Gasteiger partial charge is 0.282 e. The number of thiazole rings is 1. The monoisotopic (exact) mass is 421 g/mol. The zero-order valence-electron chi connectivity index (χ0n) is 17.0. The summed E-state index contributed by atoms with van der Waals surface area (Å²) in [6.07, 6.45) is 5.58. The van der Waals surface area contributed by atoms with Crippen molar-refractivity contribution < 1.29 is 4.79 Å². The highest BCUT2D eigenvalue weighted by Crippen LogP contribution is 2.42. The normalized spacial score (nSPS) is 26.0. The first kappa shape index (κ1) is 19.7. The molecule has 1 amide bonds. The summed E-state index contributed by atoms with van der Waals surface area (Å²) in [5, 5.41) is 15.7. The second-order valence-electron chi connectivity index (χ2n) is 8.85. The molecule has 3 aliphatic rings. The maximum absolute atomic E-state index is 12.6. The number of amides is 1. The summed E-state index contributed by atoms with van der Waals surface area (Å²) in [5.41, 5.74) is 1.26. The van der Waals surface area contributed by atoms with Crippen molar-refractivity contribution in [2.24, 2.45) is 0 Å². The largest absolute Gasteiger partial charge is 0.333 e. The molecule has 2 saturated heterocycles. The number of aromatic nitrogens is 1. The molecule has 2 aliphatic heterocycles. The SMILES string of the molecule is N#CCC1(N2CCC(N[C@@H]3CC3c3ccccc3)CC2)CN(C(=O)c2nccs2)C1. The number of likely N-dealkylation sites (tertiary alicyclic amines) is 2. The Bertz CT molecular complexity index is 911. The maximum atomic E-state index is 12.6. The summed E-state index contributed by atoms with van der Waals surface area (Å²) < 4.78 is 0. The molecule has 30 heavy (non-hydrogen) atoms. The van der Waals surface area contributed by atoms with Gasteiger partial charge in [-0.05, 0) is 24.8 Å². The van der Waals surface area contributed by atoms with Gasteiger partial charge in [-0.25, -0.2) is 4.98 Å². The van der Waals surface area contributed by atoms with E-state index in [1.165, 1.54) is 23.3 Å². The van der Waals surface area contributed by atoms with E-state index in [0.717, 1.165) is 25.9 Å². The van der Waals surface area contributed by atoms with E-state index in [-0.39, 0.29) is 11.4 Å². The van der Waals surface area contributed by atoms with Crippen molar-refractivity contribution >= 4 is 17.2 Å². The minimum absolute atomic E-state index is 0.00388. The van der Waals surface area contributed by atoms with Crippen LogP contribution in [-0.2, 0) is 0 Å². The van der Waals surface area contributed by atoms with Crippen LogP contribution in [0.4, 0.5) is 0 Å². The number of benzene rings is 1. The molecule has 1 aliphatic carbocycles. The van der Waals surface area contributed by atoms with Crippen LogP contribution in [0.25, 0.3) is 0 Å². The van der Waals surface area contributed by atoms with Gasteiger partial charge in [0.05, 0.1) is 18.0 Å². The van der Waals surface area contributed by atoms with E-state index in [0.29, 0.717) is 42.5 Å². The minimum atomic E-state index is -0.182. The first-order valence-electron chi connectivity index (χ1n) is 10.8. The van der Waals surface area contributed by atoms with Crippen LogP contribution in [0.15, 0.2) is 41.9 Å². The second-order valence-corrected chi connectivity index (χ2v) is 9.74. The molecule has 0 spiro atoms. The van der Waals surface area contributed by atoms with E-state index in [1.807, 2.05) is 10.3 Å². The Morgan fingerprint density at radius 3 is 2.70 bits per heavy atom. The Hall–Kier alpha value is -2.27. The molecule has 1 aromatic heterocycles. The molecule has 6 nitrogen and oxygen atoms in total. The number of rotatable bonds is 6. The fourth-order valence-corrected chi connectivity index (χ4v) is 5.72. The molecular weight excluding hydrogens is 394 g/mol. The molecule has 1 unspecified atom stereocenters. The highest BCUT2D eigenvalue weighted by Gasteiger charge is 2.50. The number of carbonyl (C=O) groups excluding carboxylic acids is 1. The first-order valence-corrected chi connectivity index (χ1v) is 11.7. The summed E-state index contributed by atoms with van der Waals surface area (Å²) in [7, 11) is 0. The average Bonchev–Trinajstić information content (AvgIpc) is 3.29. The van der Waals surface area contributed by atoms with Crippen molar-refractivity contribution in [2.45, 2.75) is 49.2 Å². The Balaban J connectivity index is 1.13. The molecule has 7 heteroatoms. The van der Waals surface area contributed by atoms with E-state index in [9.17, 15) is 10.1 Å². The van der Waals surface area contributed by atoms with E-state index in [2.05, 4.69) is 51.6 Å². The number of nitriles is 1. The lowest BCUT2D eigenvalue weighted by Crippen LogP contribution is -2.72. The van der Waals surface area contributed by atoms with Crippen LogP contribution in [0.1, 0.15) is 47.0 Å². The molecule has 2 atom stereocenters. The van der Waals surface area contributed by atoms with Crippen molar-refractivity contribution in [3.8, 4) is 6.07 Å². The molecule has 1 N–H and O–H groups in total. The van der Waals surface area contributed by atoms with Gasteiger partial charge in [0.15, 0.2) is 5.01 Å². The number of nitrogens with one attached hydrogen (secondary N) is 1. The number of carbonyl (C=O) groups is 1. The van der Waals surface area contributed by atoms with Gasteiger partial charge in [0.25, 0.3) is 5.91 Å². The summed E-state index contributed by atoms with van der Waals surface area (Å²) >= 11 is 1.38. The lowest BCUT2D eigenvalue weighted by Gasteiger charge is -2.56. The molecule has 5 rings (SSSR count). The molecule has 3 fully saturated rings. The molecule has 3 heterocycles. The van der Waals surface area contributed by atoms with Gasteiger partial charge in [0.2, 0.25) is 0 Å². The predicted molar refractivity (Wildman–Crippen MR) is 116 cm³/mol. The van der Waals surface area contributed by atoms with Gasteiger partial charge in [0, 0.05) is 55.8 Å². The lowest BCUT2D eigenvalue weighted by molar-refractivity contribution is -0.0497. The van der Waals surface area contributed by atoms with Crippen LogP contribution < -0.4 is 5.32 Å². The van der Waals surface area contributed by atoms with Gasteiger partial charge in [-0.3, -0.25) is 9.69 Å². The van der Waals surface area contributed by atoms with Crippen LogP contribution in [0, 0.1) is 11.3 Å². The van der Waals surface area contributed by atoms with Gasteiger partial charge >= 0.3 is 0 Å². The van der Waals surface area contributed by atoms with Gasteiger partial charge in [-0.15, -0.1) is 11.3 Å². The molecule has 1 saturated carbocycles. The first-order chi connectivity index (χ1) is 14.7. The predicted octanol–water partition coefficient (Wildman–Crippen LogP) is 2.86. The topological polar surface area (TPSA) is 72.3 Å². The molecule has 156 valence electrons. The maximum Gasteiger partial charge on any atom is 0.282 e. The lowest BCUT2D eigenvalue weighted by atomic mass is 9.82. The molecule has 0 radical (unpaired) electrons. The Kier molecular flexibility index (Phi) is 5.32. The molecular formula is C23H27N5OS. The minimum Gasteiger partial charge on any atom is -0.333 e. The van der Waals surface area contributed by atoms with Crippen LogP contribution in [0.3, 0.4) is 0 Å². The Labute approximate surface area is 181 Å². The highest BCUT2D eigenvalue weighted by molar-refractivity contribution is 7.11. The second kappa shape index (κ2) is 8.10. The third-order valence-corrected chi connectivity index (χ3v) is 7.68. The van der Waals surface area contributed by atoms with Crippen LogP contribution >= 0.6 is 11.3 Å². The zero-order chi connectivity index (χ0) is 20.6. The summed E-state index contributed by atoms with van der Waals surface area (Å²) in [6.45, 7) is 3.24. The Morgan fingerprint density at radius 1 is 1.27 bits per heavy atom. The number of nitrogens with zero attached hydrogens (tertiary/aromatic N) is 4. The van der Waals surface area contributed by atoms with E-state index in [4.69, 9.17) is 0 Å². The van der Waals surface area contributed by atoms with Crippen molar-refractivity contribution in [3.63, 3.8) is 0 Å². The summed E-state index contributed by atoms with van der Waals surface area (Å²) in [4.78, 5) is 21.0. The third kappa shape index (κ3) is 3.76. The van der Waals surface area contributed by atoms with Gasteiger partial charge < -0.3 is 10.2 Å². The average molecular weight is 422 g/mol. The number of hydrogen-bond donors (Lipinski definition) is 1. The molecule has 2 aromatic rings. The molecule has 0 bridgehead atoms. The van der Waals surface area contributed by atoms with E-state index >= 15 is 0 Å². The fraction of sp³-hybridized carbons (Fsp3) is 0.522. The zero-order valence-corrected chi connectivity index (χ0v) is 17.9. The molecule has 1 aromatic carbocycles. The van der Waals surface area contributed by atoms with E-state index < -0.39 is 0 Å². The van der Waals surface area contributed by atoms with Crippen LogP contribution in [0.2, 0.25) is 0 Å². The fourth-order valence-electron chi connectivity index (χ4n) is 5.11. The van der Waals surface area contributed by atoms with Gasteiger partial charge in [-0.1, -0.05) is 30.3 Å². The summed E-state index contributed by atoms with van der Waals surface area (Å²) in [6, 6.07) is 14.3. The Morgan fingerprint density at radius 2 is 2.03 bits per heavy atom. The third-order valence-electron chi connectivity index (χ3n) is 6.91. The van der Waals surface area contributed by atoms with Crippen molar-refractivity contribution in [2.75, 3.05) is 26.2 Å². The van der Waals surface area contributed by atoms with Crippen LogP contribution in [-0.4, -0.2) is 64.5 Å². The van der Waals surface area contributed by atoms with Crippen LogP contribution in [0.5, 0.6) is 0 Å².